The number of nitro benzene ring substituents is 1. The first-order chi connectivity index (χ1) is 15.3. The fourth-order valence-electron chi connectivity index (χ4n) is 3.21. The van der Waals surface area contributed by atoms with Gasteiger partial charge in [-0.1, -0.05) is 39.7 Å². The van der Waals surface area contributed by atoms with Crippen molar-refractivity contribution in [3.8, 4) is 5.88 Å². The van der Waals surface area contributed by atoms with Gasteiger partial charge in [-0.25, -0.2) is 0 Å². The standard InChI is InChI=1S/C22H14BrClN4O4/c23-15-5-10-19-18(11-15)20(22(30)27(19)12-13-1-6-16(24)7-2-13)25-26-21(29)14-3-8-17(9-4-14)28(31)32/h1-11,30H,12H2. The van der Waals surface area contributed by atoms with E-state index in [1.807, 2.05) is 24.3 Å². The SMILES string of the molecule is O=C(N=Nc1c(O)n(Cc2ccc(Cl)cc2)c2ccc(Br)cc12)c1ccc([N+](=O)[O-])cc1. The molecule has 1 aromatic heterocycles. The van der Waals surface area contributed by atoms with Gasteiger partial charge in [0.05, 0.1) is 17.0 Å². The van der Waals surface area contributed by atoms with Gasteiger partial charge in [-0.3, -0.25) is 14.9 Å². The lowest BCUT2D eigenvalue weighted by Crippen LogP contribution is -1.98. The number of rotatable bonds is 5. The molecule has 160 valence electrons. The first-order valence-electron chi connectivity index (χ1n) is 9.29. The molecule has 0 saturated heterocycles. The average Bonchev–Trinajstić information content (AvgIpc) is 3.03. The Labute approximate surface area is 195 Å². The van der Waals surface area contributed by atoms with E-state index in [1.54, 1.807) is 22.8 Å². The van der Waals surface area contributed by atoms with Gasteiger partial charge in [-0.15, -0.1) is 10.2 Å². The molecule has 0 unspecified atom stereocenters. The lowest BCUT2D eigenvalue weighted by Gasteiger charge is -2.07. The summed E-state index contributed by atoms with van der Waals surface area (Å²) in [7, 11) is 0. The molecule has 0 fully saturated rings. The second kappa shape index (κ2) is 8.89. The third-order valence-electron chi connectivity index (χ3n) is 4.79. The predicted molar refractivity (Wildman–Crippen MR) is 124 cm³/mol. The zero-order chi connectivity index (χ0) is 22.8. The Morgan fingerprint density at radius 1 is 1.09 bits per heavy atom. The highest BCUT2D eigenvalue weighted by Crippen LogP contribution is 2.40. The van der Waals surface area contributed by atoms with Gasteiger partial charge in [-0.05, 0) is 48.0 Å². The van der Waals surface area contributed by atoms with Crippen molar-refractivity contribution in [2.24, 2.45) is 10.2 Å². The largest absolute Gasteiger partial charge is 0.493 e. The molecule has 0 radical (unpaired) electrons. The third-order valence-corrected chi connectivity index (χ3v) is 5.54. The van der Waals surface area contributed by atoms with Gasteiger partial charge < -0.3 is 9.67 Å². The maximum absolute atomic E-state index is 12.4. The maximum Gasteiger partial charge on any atom is 0.295 e. The fourth-order valence-corrected chi connectivity index (χ4v) is 3.69. The Morgan fingerprint density at radius 2 is 1.78 bits per heavy atom. The molecule has 4 rings (SSSR count). The van der Waals surface area contributed by atoms with Gasteiger partial charge in [0.15, 0.2) is 5.69 Å². The van der Waals surface area contributed by atoms with Crippen molar-refractivity contribution < 1.29 is 14.8 Å². The van der Waals surface area contributed by atoms with E-state index in [-0.39, 0.29) is 22.8 Å². The molecule has 1 N–H and O–H groups in total. The highest BCUT2D eigenvalue weighted by molar-refractivity contribution is 9.10. The van der Waals surface area contributed by atoms with Crippen LogP contribution in [0.4, 0.5) is 11.4 Å². The molecule has 4 aromatic rings. The molecule has 0 aliphatic rings. The van der Waals surface area contributed by atoms with Gasteiger partial charge >= 0.3 is 0 Å². The molecule has 0 aliphatic carbocycles. The first kappa shape index (κ1) is 21.7. The van der Waals surface area contributed by atoms with Gasteiger partial charge in [0.2, 0.25) is 5.88 Å². The number of aromatic hydroxyl groups is 1. The Bertz CT molecular complexity index is 1370. The molecule has 0 aliphatic heterocycles. The van der Waals surface area contributed by atoms with Gasteiger partial charge in [0, 0.05) is 32.6 Å². The van der Waals surface area contributed by atoms with Crippen molar-refractivity contribution in [1.82, 2.24) is 4.57 Å². The molecule has 3 aromatic carbocycles. The van der Waals surface area contributed by atoms with E-state index in [2.05, 4.69) is 26.2 Å². The highest BCUT2D eigenvalue weighted by Gasteiger charge is 2.18. The summed E-state index contributed by atoms with van der Waals surface area (Å²) in [5, 5.41) is 30.6. The van der Waals surface area contributed by atoms with Crippen LogP contribution in [0.1, 0.15) is 15.9 Å². The van der Waals surface area contributed by atoms with Gasteiger partial charge in [0.1, 0.15) is 0 Å². The monoisotopic (exact) mass is 512 g/mol. The lowest BCUT2D eigenvalue weighted by molar-refractivity contribution is -0.384. The van der Waals surface area contributed by atoms with E-state index >= 15 is 0 Å². The molecule has 1 heterocycles. The second-order valence-electron chi connectivity index (χ2n) is 6.86. The summed E-state index contributed by atoms with van der Waals surface area (Å²) in [5.41, 5.74) is 1.77. The Hall–Kier alpha value is -3.56. The Morgan fingerprint density at radius 3 is 2.44 bits per heavy atom. The summed E-state index contributed by atoms with van der Waals surface area (Å²) < 4.78 is 2.43. The zero-order valence-electron chi connectivity index (χ0n) is 16.3. The maximum atomic E-state index is 12.4. The zero-order valence-corrected chi connectivity index (χ0v) is 18.6. The number of benzene rings is 3. The molecule has 0 atom stereocenters. The predicted octanol–water partition coefficient (Wildman–Crippen LogP) is 6.64. The number of halogens is 2. The van der Waals surface area contributed by atoms with Gasteiger partial charge in [-0.2, -0.15) is 0 Å². The van der Waals surface area contributed by atoms with Crippen molar-refractivity contribution in [3.05, 3.63) is 97.5 Å². The molecular weight excluding hydrogens is 500 g/mol. The molecule has 0 spiro atoms. The van der Waals surface area contributed by atoms with Crippen LogP contribution < -0.4 is 0 Å². The second-order valence-corrected chi connectivity index (χ2v) is 8.21. The van der Waals surface area contributed by atoms with Crippen LogP contribution >= 0.6 is 27.5 Å². The summed E-state index contributed by atoms with van der Waals surface area (Å²) in [4.78, 5) is 22.6. The number of azo groups is 1. The number of nitro groups is 1. The van der Waals surface area contributed by atoms with Crippen LogP contribution in [0.25, 0.3) is 10.9 Å². The van der Waals surface area contributed by atoms with E-state index in [0.717, 1.165) is 10.0 Å². The number of amides is 1. The smallest absolute Gasteiger partial charge is 0.295 e. The summed E-state index contributed by atoms with van der Waals surface area (Å²) in [6.07, 6.45) is 0. The molecular formula is C22H14BrClN4O4. The fraction of sp³-hybridized carbons (Fsp3) is 0.0455. The van der Waals surface area contributed by atoms with Crippen molar-refractivity contribution >= 4 is 55.7 Å². The van der Waals surface area contributed by atoms with Crippen LogP contribution in [-0.4, -0.2) is 20.5 Å². The topological polar surface area (TPSA) is 110 Å². The number of carbonyl (C=O) groups excluding carboxylic acids is 1. The minimum atomic E-state index is -0.687. The minimum Gasteiger partial charge on any atom is -0.493 e. The quantitative estimate of drug-likeness (QED) is 0.183. The van der Waals surface area contributed by atoms with E-state index in [4.69, 9.17) is 11.6 Å². The Balaban J connectivity index is 1.70. The van der Waals surface area contributed by atoms with Crippen LogP contribution in [0.5, 0.6) is 5.88 Å². The molecule has 8 nitrogen and oxygen atoms in total. The van der Waals surface area contributed by atoms with Crippen LogP contribution in [0.2, 0.25) is 5.02 Å². The first-order valence-corrected chi connectivity index (χ1v) is 10.5. The molecule has 0 saturated carbocycles. The summed E-state index contributed by atoms with van der Waals surface area (Å²) in [6.45, 7) is 0.354. The Kier molecular flexibility index (Phi) is 6.02. The van der Waals surface area contributed by atoms with E-state index < -0.39 is 10.8 Å². The van der Waals surface area contributed by atoms with Crippen molar-refractivity contribution in [2.75, 3.05) is 0 Å². The van der Waals surface area contributed by atoms with E-state index in [0.29, 0.717) is 22.5 Å². The van der Waals surface area contributed by atoms with Crippen LogP contribution in [0.3, 0.4) is 0 Å². The number of aromatic nitrogens is 1. The van der Waals surface area contributed by atoms with Gasteiger partial charge in [0.25, 0.3) is 11.6 Å². The number of non-ortho nitro benzene ring substituents is 1. The third kappa shape index (κ3) is 4.39. The number of carbonyl (C=O) groups is 1. The summed E-state index contributed by atoms with van der Waals surface area (Å²) in [5.74, 6) is -0.832. The number of hydrogen-bond acceptors (Lipinski definition) is 5. The van der Waals surface area contributed by atoms with E-state index in [9.17, 15) is 20.0 Å². The number of fused-ring (bicyclic) bond motifs is 1. The number of hydrogen-bond donors (Lipinski definition) is 1. The van der Waals surface area contributed by atoms with Crippen molar-refractivity contribution in [2.45, 2.75) is 6.54 Å². The molecule has 32 heavy (non-hydrogen) atoms. The van der Waals surface area contributed by atoms with Crippen LogP contribution in [-0.2, 0) is 6.54 Å². The van der Waals surface area contributed by atoms with E-state index in [1.165, 1.54) is 24.3 Å². The average molecular weight is 514 g/mol. The highest BCUT2D eigenvalue weighted by atomic mass is 79.9. The number of nitrogens with zero attached hydrogens (tertiary/aromatic N) is 4. The normalized spacial score (nSPS) is 11.3. The molecule has 1 amide bonds. The summed E-state index contributed by atoms with van der Waals surface area (Å²) >= 11 is 9.36. The lowest BCUT2D eigenvalue weighted by atomic mass is 10.2. The van der Waals surface area contributed by atoms with Crippen LogP contribution in [0, 0.1) is 10.1 Å². The summed E-state index contributed by atoms with van der Waals surface area (Å²) in [6, 6.07) is 17.7. The minimum absolute atomic E-state index is 0.133. The van der Waals surface area contributed by atoms with Crippen LogP contribution in [0.15, 0.2) is 81.4 Å². The molecule has 10 heteroatoms. The van der Waals surface area contributed by atoms with Crippen molar-refractivity contribution in [1.29, 1.82) is 0 Å². The molecule has 0 bridgehead atoms. The van der Waals surface area contributed by atoms with Crippen molar-refractivity contribution in [3.63, 3.8) is 0 Å².